The fraction of sp³-hybridized carbons (Fsp3) is 0.500. The SMILES string of the molecule is CC1CN(C(=O)C2CC(=O)N(c3ccccc3)C2)CCO1. The van der Waals surface area contributed by atoms with E-state index in [0.717, 1.165) is 5.69 Å². The van der Waals surface area contributed by atoms with Gasteiger partial charge >= 0.3 is 0 Å². The highest BCUT2D eigenvalue weighted by atomic mass is 16.5. The normalized spacial score (nSPS) is 26.2. The number of hydrogen-bond donors (Lipinski definition) is 0. The number of ether oxygens (including phenoxy) is 1. The Bertz CT molecular complexity index is 532. The van der Waals surface area contributed by atoms with Crippen LogP contribution in [0.2, 0.25) is 0 Å². The van der Waals surface area contributed by atoms with Crippen molar-refractivity contribution >= 4 is 17.5 Å². The van der Waals surface area contributed by atoms with Crippen molar-refractivity contribution in [1.82, 2.24) is 4.90 Å². The predicted molar refractivity (Wildman–Crippen MR) is 78.9 cm³/mol. The zero-order valence-electron chi connectivity index (χ0n) is 12.2. The molecule has 0 N–H and O–H groups in total. The first-order chi connectivity index (χ1) is 10.1. The molecule has 112 valence electrons. The number of amides is 2. The Morgan fingerprint density at radius 2 is 2.00 bits per heavy atom. The molecule has 0 spiro atoms. The van der Waals surface area contributed by atoms with Crippen LogP contribution in [0.5, 0.6) is 0 Å². The zero-order valence-corrected chi connectivity index (χ0v) is 12.2. The van der Waals surface area contributed by atoms with E-state index in [1.54, 1.807) is 4.90 Å². The quantitative estimate of drug-likeness (QED) is 0.824. The number of benzene rings is 1. The fourth-order valence-corrected chi connectivity index (χ4v) is 3.01. The maximum Gasteiger partial charge on any atom is 0.228 e. The molecule has 2 aliphatic heterocycles. The van der Waals surface area contributed by atoms with Gasteiger partial charge in [0.05, 0.1) is 18.6 Å². The van der Waals surface area contributed by atoms with Crippen LogP contribution >= 0.6 is 0 Å². The molecule has 21 heavy (non-hydrogen) atoms. The highest BCUT2D eigenvalue weighted by Gasteiger charge is 2.38. The second kappa shape index (κ2) is 5.85. The average Bonchev–Trinajstić information content (AvgIpc) is 2.89. The number of anilines is 1. The number of nitrogens with zero attached hydrogens (tertiary/aromatic N) is 2. The molecular weight excluding hydrogens is 268 g/mol. The van der Waals surface area contributed by atoms with Gasteiger partial charge < -0.3 is 14.5 Å². The molecule has 2 atom stereocenters. The Hall–Kier alpha value is -1.88. The lowest BCUT2D eigenvalue weighted by Crippen LogP contribution is -2.47. The molecule has 0 saturated carbocycles. The largest absolute Gasteiger partial charge is 0.375 e. The van der Waals surface area contributed by atoms with Crippen LogP contribution in [-0.4, -0.2) is 49.1 Å². The Kier molecular flexibility index (Phi) is 3.92. The van der Waals surface area contributed by atoms with Crippen molar-refractivity contribution in [3.8, 4) is 0 Å². The number of morpholine rings is 1. The minimum Gasteiger partial charge on any atom is -0.375 e. The van der Waals surface area contributed by atoms with Gasteiger partial charge in [-0.05, 0) is 19.1 Å². The molecular formula is C16H20N2O3. The number of carbonyl (C=O) groups is 2. The third-order valence-corrected chi connectivity index (χ3v) is 4.09. The van der Waals surface area contributed by atoms with Crippen molar-refractivity contribution in [3.05, 3.63) is 30.3 Å². The maximum atomic E-state index is 12.6. The highest BCUT2D eigenvalue weighted by molar-refractivity contribution is 6.00. The van der Waals surface area contributed by atoms with E-state index >= 15 is 0 Å². The lowest BCUT2D eigenvalue weighted by atomic mass is 10.1. The van der Waals surface area contributed by atoms with Gasteiger partial charge in [-0.2, -0.15) is 0 Å². The van der Waals surface area contributed by atoms with Crippen molar-refractivity contribution in [3.63, 3.8) is 0 Å². The summed E-state index contributed by atoms with van der Waals surface area (Å²) in [5.41, 5.74) is 0.869. The molecule has 3 rings (SSSR count). The molecule has 0 radical (unpaired) electrons. The number of hydrogen-bond acceptors (Lipinski definition) is 3. The molecule has 2 heterocycles. The van der Waals surface area contributed by atoms with E-state index in [-0.39, 0.29) is 23.8 Å². The van der Waals surface area contributed by atoms with Crippen molar-refractivity contribution in [1.29, 1.82) is 0 Å². The minimum atomic E-state index is -0.233. The third-order valence-electron chi connectivity index (χ3n) is 4.09. The van der Waals surface area contributed by atoms with Crippen LogP contribution in [0.1, 0.15) is 13.3 Å². The van der Waals surface area contributed by atoms with Gasteiger partial charge in [-0.15, -0.1) is 0 Å². The molecule has 2 aliphatic rings. The first-order valence-corrected chi connectivity index (χ1v) is 7.41. The molecule has 2 amide bonds. The summed E-state index contributed by atoms with van der Waals surface area (Å²) >= 11 is 0. The summed E-state index contributed by atoms with van der Waals surface area (Å²) in [6, 6.07) is 9.54. The van der Waals surface area contributed by atoms with Gasteiger partial charge in [-0.1, -0.05) is 18.2 Å². The van der Waals surface area contributed by atoms with E-state index in [2.05, 4.69) is 0 Å². The third kappa shape index (κ3) is 2.93. The van der Waals surface area contributed by atoms with Crippen LogP contribution in [0.4, 0.5) is 5.69 Å². The summed E-state index contributed by atoms with van der Waals surface area (Å²) in [6.07, 6.45) is 0.379. The van der Waals surface area contributed by atoms with Crippen LogP contribution in [0, 0.1) is 5.92 Å². The van der Waals surface area contributed by atoms with E-state index in [0.29, 0.717) is 32.7 Å². The summed E-state index contributed by atoms with van der Waals surface area (Å²) in [7, 11) is 0. The molecule has 5 heteroatoms. The second-order valence-corrected chi connectivity index (χ2v) is 5.71. The summed E-state index contributed by atoms with van der Waals surface area (Å²) in [6.45, 7) is 4.27. The van der Waals surface area contributed by atoms with E-state index in [1.807, 2.05) is 42.2 Å². The molecule has 2 fully saturated rings. The topological polar surface area (TPSA) is 49.9 Å². The van der Waals surface area contributed by atoms with Gasteiger partial charge in [-0.25, -0.2) is 0 Å². The Balaban J connectivity index is 1.68. The van der Waals surface area contributed by atoms with Crippen molar-refractivity contribution < 1.29 is 14.3 Å². The maximum absolute atomic E-state index is 12.6. The van der Waals surface area contributed by atoms with Crippen molar-refractivity contribution in [2.75, 3.05) is 31.1 Å². The van der Waals surface area contributed by atoms with Gasteiger partial charge in [0.15, 0.2) is 0 Å². The van der Waals surface area contributed by atoms with Gasteiger partial charge in [0.2, 0.25) is 11.8 Å². The Morgan fingerprint density at radius 1 is 1.24 bits per heavy atom. The second-order valence-electron chi connectivity index (χ2n) is 5.71. The average molecular weight is 288 g/mol. The number of rotatable bonds is 2. The van der Waals surface area contributed by atoms with Crippen LogP contribution in [0.25, 0.3) is 0 Å². The monoisotopic (exact) mass is 288 g/mol. The molecule has 0 bridgehead atoms. The fourth-order valence-electron chi connectivity index (χ4n) is 3.01. The first-order valence-electron chi connectivity index (χ1n) is 7.41. The molecule has 0 aromatic heterocycles. The van der Waals surface area contributed by atoms with Gasteiger partial charge in [0, 0.05) is 31.7 Å². The zero-order chi connectivity index (χ0) is 14.8. The summed E-state index contributed by atoms with van der Waals surface area (Å²) in [5.74, 6) is -0.124. The van der Waals surface area contributed by atoms with E-state index in [9.17, 15) is 9.59 Å². The molecule has 1 aromatic rings. The van der Waals surface area contributed by atoms with Crippen LogP contribution in [0.3, 0.4) is 0 Å². The highest BCUT2D eigenvalue weighted by Crippen LogP contribution is 2.26. The smallest absolute Gasteiger partial charge is 0.228 e. The van der Waals surface area contributed by atoms with Gasteiger partial charge in [0.1, 0.15) is 0 Å². The Morgan fingerprint density at radius 3 is 2.71 bits per heavy atom. The first kappa shape index (κ1) is 14.1. The van der Waals surface area contributed by atoms with Crippen LogP contribution in [0.15, 0.2) is 30.3 Å². The van der Waals surface area contributed by atoms with Gasteiger partial charge in [0.25, 0.3) is 0 Å². The molecule has 2 saturated heterocycles. The molecule has 2 unspecified atom stereocenters. The van der Waals surface area contributed by atoms with Crippen LogP contribution in [-0.2, 0) is 14.3 Å². The Labute approximate surface area is 124 Å². The summed E-state index contributed by atoms with van der Waals surface area (Å²) in [4.78, 5) is 28.3. The van der Waals surface area contributed by atoms with E-state index in [4.69, 9.17) is 4.74 Å². The van der Waals surface area contributed by atoms with Gasteiger partial charge in [-0.3, -0.25) is 9.59 Å². The number of carbonyl (C=O) groups excluding carboxylic acids is 2. The molecule has 5 nitrogen and oxygen atoms in total. The van der Waals surface area contributed by atoms with E-state index in [1.165, 1.54) is 0 Å². The summed E-state index contributed by atoms with van der Waals surface area (Å²) < 4.78 is 5.46. The van der Waals surface area contributed by atoms with Crippen molar-refractivity contribution in [2.45, 2.75) is 19.4 Å². The van der Waals surface area contributed by atoms with Crippen LogP contribution < -0.4 is 4.90 Å². The minimum absolute atomic E-state index is 0.0286. The predicted octanol–water partition coefficient (Wildman–Crippen LogP) is 1.29. The molecule has 0 aliphatic carbocycles. The summed E-state index contributed by atoms with van der Waals surface area (Å²) in [5, 5.41) is 0. The lowest BCUT2D eigenvalue weighted by molar-refractivity contribution is -0.142. The molecule has 1 aromatic carbocycles. The standard InChI is InChI=1S/C16H20N2O3/c1-12-10-17(7-8-21-12)16(20)13-9-15(19)18(11-13)14-5-3-2-4-6-14/h2-6,12-13H,7-11H2,1H3. The lowest BCUT2D eigenvalue weighted by Gasteiger charge is -2.32. The van der Waals surface area contributed by atoms with Crippen molar-refractivity contribution in [2.24, 2.45) is 5.92 Å². The van der Waals surface area contributed by atoms with E-state index < -0.39 is 0 Å². The number of para-hydroxylation sites is 1.